The number of hydrogen-bond donors (Lipinski definition) is 9. The van der Waals surface area contributed by atoms with E-state index in [2.05, 4.69) is 26.6 Å². The van der Waals surface area contributed by atoms with Crippen molar-refractivity contribution in [2.75, 3.05) is 65.7 Å². The van der Waals surface area contributed by atoms with Gasteiger partial charge in [-0.3, -0.25) is 0 Å². The maximum atomic E-state index is 9.43. The van der Waals surface area contributed by atoms with Gasteiger partial charge in [0, 0.05) is 63.4 Å². The zero-order chi connectivity index (χ0) is 19.6. The predicted molar refractivity (Wildman–Crippen MR) is 100 cm³/mol. The second kappa shape index (κ2) is 19.1. The van der Waals surface area contributed by atoms with Crippen molar-refractivity contribution >= 4 is 20.2 Å². The van der Waals surface area contributed by atoms with E-state index in [1.807, 2.05) is 0 Å². The van der Waals surface area contributed by atoms with E-state index in [-0.39, 0.29) is 63.7 Å². The van der Waals surface area contributed by atoms with E-state index in [9.17, 15) is 20.4 Å². The monoisotopic (exact) mass is 460 g/mol. The first-order valence-electron chi connectivity index (χ1n) is 8.59. The molecule has 0 aromatic heterocycles. The van der Waals surface area contributed by atoms with Gasteiger partial charge in [0.15, 0.2) is 0 Å². The Bertz CT molecular complexity index is 291. The Morgan fingerprint density at radius 1 is 0.615 bits per heavy atom. The first kappa shape index (κ1) is 26.7. The summed E-state index contributed by atoms with van der Waals surface area (Å²) in [4.78, 5) is 0. The molecule has 159 valence electrons. The summed E-state index contributed by atoms with van der Waals surface area (Å²) in [5, 5.41) is 53.7. The second-order valence-electron chi connectivity index (χ2n) is 5.95. The Morgan fingerprint density at radius 2 is 0.962 bits per heavy atom. The van der Waals surface area contributed by atoms with Gasteiger partial charge < -0.3 is 47.0 Å². The van der Waals surface area contributed by atoms with Crippen LogP contribution in [0, 0.1) is 0 Å². The Morgan fingerprint density at radius 3 is 1.35 bits per heavy atom. The van der Waals surface area contributed by atoms with Crippen LogP contribution in [-0.4, -0.2) is 110 Å². The summed E-state index contributed by atoms with van der Waals surface area (Å²) in [6.07, 6.45) is 0. The molecule has 1 saturated heterocycles. The van der Waals surface area contributed by atoms with Crippen molar-refractivity contribution in [2.24, 2.45) is 0 Å². The Hall–Kier alpha value is 0.739. The molecule has 1 fully saturated rings. The van der Waals surface area contributed by atoms with Crippen LogP contribution in [0.4, 0.5) is 0 Å². The van der Waals surface area contributed by atoms with E-state index in [4.69, 9.17) is 20.2 Å². The third-order valence-electron chi connectivity index (χ3n) is 3.97. The summed E-state index contributed by atoms with van der Waals surface area (Å²) in [5.41, 5.74) is 0. The molecule has 1 aliphatic rings. The van der Waals surface area contributed by atoms with Crippen LogP contribution >= 0.6 is 20.2 Å². The van der Waals surface area contributed by atoms with Gasteiger partial charge in [-0.05, 0) is 0 Å². The summed E-state index contributed by atoms with van der Waals surface area (Å²) in [5.74, 6) is 0. The van der Waals surface area contributed by atoms with Gasteiger partial charge in [0.1, 0.15) is 0 Å². The molecular formula is C14H33Cl2MnN5O4. The number of halogens is 2. The normalized spacial score (nSPS) is 29.8. The van der Waals surface area contributed by atoms with E-state index >= 15 is 0 Å². The van der Waals surface area contributed by atoms with Crippen molar-refractivity contribution in [1.82, 2.24) is 26.6 Å². The summed E-state index contributed by atoms with van der Waals surface area (Å²) in [7, 11) is 9.59. The second-order valence-corrected chi connectivity index (χ2v) is 7.90. The molecule has 0 bridgehead atoms. The third-order valence-corrected chi connectivity index (χ3v) is 3.97. The maximum absolute atomic E-state index is 9.43. The summed E-state index contributed by atoms with van der Waals surface area (Å²) >= 11 is 0.00694. The van der Waals surface area contributed by atoms with Crippen LogP contribution in [-0.2, 0) is 13.1 Å². The van der Waals surface area contributed by atoms with E-state index in [0.717, 1.165) is 6.54 Å². The molecular weight excluding hydrogens is 428 g/mol. The molecule has 0 aliphatic carbocycles. The quantitative estimate of drug-likeness (QED) is 0.198. The first-order chi connectivity index (χ1) is 12.6. The molecule has 0 aromatic rings. The SMILES string of the molecule is OC[C@@H]1CNCCN[C@@H](CO)CN[C@H](CO)CN[C@@H](CO)CN1.[Cl][Mn][Cl]. The van der Waals surface area contributed by atoms with Gasteiger partial charge in [0.2, 0.25) is 0 Å². The predicted octanol–water partition coefficient (Wildman–Crippen LogP) is -3.23. The summed E-state index contributed by atoms with van der Waals surface area (Å²) < 4.78 is 0. The van der Waals surface area contributed by atoms with E-state index < -0.39 is 0 Å². The zero-order valence-electron chi connectivity index (χ0n) is 14.8. The van der Waals surface area contributed by atoms with Crippen molar-refractivity contribution < 1.29 is 33.6 Å². The fourth-order valence-corrected chi connectivity index (χ4v) is 2.37. The average Bonchev–Trinajstić information content (AvgIpc) is 2.66. The standard InChI is InChI=1S/C14H33N5O4.2ClH.Mn/c20-7-11-3-15-1-2-16-12(8-21)4-18-14(10-23)6-19-13(9-22)5-17-11;;;/h11-23H,1-10H2;2*1H;/q;;;+2/p-2/t11-,12+,13+,14-;;;/m0.../s1. The van der Waals surface area contributed by atoms with Gasteiger partial charge in [-0.2, -0.15) is 0 Å². The van der Waals surface area contributed by atoms with Gasteiger partial charge in [0.05, 0.1) is 26.4 Å². The van der Waals surface area contributed by atoms with Crippen molar-refractivity contribution in [2.45, 2.75) is 24.2 Å². The Labute approximate surface area is 170 Å². The molecule has 4 atom stereocenters. The molecule has 1 rings (SSSR count). The molecule has 1 heterocycles. The molecule has 1 aliphatic heterocycles. The Kier molecular flexibility index (Phi) is 19.6. The molecule has 0 unspecified atom stereocenters. The van der Waals surface area contributed by atoms with Crippen molar-refractivity contribution in [1.29, 1.82) is 0 Å². The zero-order valence-corrected chi connectivity index (χ0v) is 17.5. The number of rotatable bonds is 4. The molecule has 26 heavy (non-hydrogen) atoms. The molecule has 0 spiro atoms. The number of aliphatic hydroxyl groups excluding tert-OH is 4. The number of nitrogens with one attached hydrogen (secondary N) is 5. The minimum absolute atomic E-state index is 0.00694. The van der Waals surface area contributed by atoms with Crippen LogP contribution in [0.2, 0.25) is 0 Å². The van der Waals surface area contributed by atoms with Crippen LogP contribution in [0.5, 0.6) is 0 Å². The van der Waals surface area contributed by atoms with Gasteiger partial charge >= 0.3 is 33.3 Å². The topological polar surface area (TPSA) is 141 Å². The molecule has 9 N–H and O–H groups in total. The average molecular weight is 461 g/mol. The first-order valence-corrected chi connectivity index (χ1v) is 11.8. The van der Waals surface area contributed by atoms with Crippen LogP contribution in [0.15, 0.2) is 0 Å². The van der Waals surface area contributed by atoms with Crippen LogP contribution in [0.25, 0.3) is 0 Å². The summed E-state index contributed by atoms with van der Waals surface area (Å²) in [6.45, 7) is 3.59. The molecule has 0 aromatic carbocycles. The molecule has 0 amide bonds. The van der Waals surface area contributed by atoms with E-state index in [0.29, 0.717) is 32.7 Å². The van der Waals surface area contributed by atoms with Crippen molar-refractivity contribution in [3.05, 3.63) is 0 Å². The number of hydrogen-bond acceptors (Lipinski definition) is 9. The number of aliphatic hydroxyl groups is 4. The fraction of sp³-hybridized carbons (Fsp3) is 1.00. The molecule has 0 radical (unpaired) electrons. The van der Waals surface area contributed by atoms with Crippen LogP contribution in [0.1, 0.15) is 0 Å². The molecule has 0 saturated carbocycles. The van der Waals surface area contributed by atoms with Gasteiger partial charge in [0.25, 0.3) is 0 Å². The van der Waals surface area contributed by atoms with E-state index in [1.54, 1.807) is 0 Å². The van der Waals surface area contributed by atoms with E-state index in [1.165, 1.54) is 0 Å². The van der Waals surface area contributed by atoms with Crippen LogP contribution < -0.4 is 26.6 Å². The van der Waals surface area contributed by atoms with Gasteiger partial charge in [-0.15, -0.1) is 0 Å². The Balaban J connectivity index is 0.00000194. The molecule has 12 heteroatoms. The van der Waals surface area contributed by atoms with Crippen LogP contribution in [0.3, 0.4) is 0 Å². The fourth-order valence-electron chi connectivity index (χ4n) is 2.37. The molecule has 9 nitrogen and oxygen atoms in total. The third kappa shape index (κ3) is 13.8. The van der Waals surface area contributed by atoms with Gasteiger partial charge in [-0.1, -0.05) is 0 Å². The summed E-state index contributed by atoms with van der Waals surface area (Å²) in [6, 6.07) is -0.485. The van der Waals surface area contributed by atoms with Gasteiger partial charge in [-0.25, -0.2) is 0 Å². The van der Waals surface area contributed by atoms with Crippen molar-refractivity contribution in [3.63, 3.8) is 0 Å². The minimum atomic E-state index is -0.156. The van der Waals surface area contributed by atoms with Crippen molar-refractivity contribution in [3.8, 4) is 0 Å².